The minimum atomic E-state index is 0. The van der Waals surface area contributed by atoms with Crippen molar-refractivity contribution in [3.8, 4) is 0 Å². The standard InChI is InChI=1S/C12H14N2S.BrH/c1-3-15-11-8-14(2)10-7-5-4-6-9(10)12(11)13;/h4-8,13H,3H2,1-2H3;1H. The fourth-order valence-corrected chi connectivity index (χ4v) is 2.54. The molecule has 0 fully saturated rings. The summed E-state index contributed by atoms with van der Waals surface area (Å²) < 4.78 is 2.13. The van der Waals surface area contributed by atoms with E-state index in [9.17, 15) is 0 Å². The second-order valence-electron chi connectivity index (χ2n) is 3.47. The normalized spacial score (nSPS) is 10.1. The summed E-state index contributed by atoms with van der Waals surface area (Å²) >= 11 is 1.79. The molecule has 0 radical (unpaired) electrons. The van der Waals surface area contributed by atoms with E-state index >= 15 is 0 Å². The molecule has 4 heteroatoms. The van der Waals surface area contributed by atoms with Gasteiger partial charge in [0, 0.05) is 6.07 Å². The Labute approximate surface area is 111 Å². The van der Waals surface area contributed by atoms with Crippen LogP contribution in [-0.2, 0) is 7.05 Å². The summed E-state index contributed by atoms with van der Waals surface area (Å²) in [6, 6.07) is 8.23. The first-order valence-electron chi connectivity index (χ1n) is 5.03. The van der Waals surface area contributed by atoms with Crippen molar-refractivity contribution in [1.82, 2.24) is 0 Å². The van der Waals surface area contributed by atoms with Crippen molar-refractivity contribution in [2.45, 2.75) is 11.8 Å². The van der Waals surface area contributed by atoms with Gasteiger partial charge in [-0.15, -0.1) is 11.8 Å². The Balaban J connectivity index is 0.00000128. The fourth-order valence-electron chi connectivity index (χ4n) is 1.73. The molecule has 2 rings (SSSR count). The molecule has 16 heavy (non-hydrogen) atoms. The molecule has 1 aromatic carbocycles. The Bertz CT molecular complexity index is 500. The number of halogens is 1. The van der Waals surface area contributed by atoms with Crippen molar-refractivity contribution in [1.29, 1.82) is 0 Å². The maximum absolute atomic E-state index is 6.14. The van der Waals surface area contributed by atoms with Crippen LogP contribution in [0, 0.1) is 0 Å². The Hall–Kier alpha value is -0.740. The minimum Gasteiger partial charge on any atom is -1.00 e. The Morgan fingerprint density at radius 1 is 1.31 bits per heavy atom. The first-order valence-corrected chi connectivity index (χ1v) is 6.02. The third kappa shape index (κ3) is 2.33. The number of nitrogen functional groups attached to an aromatic ring is 1. The van der Waals surface area contributed by atoms with Crippen LogP contribution in [0.15, 0.2) is 35.4 Å². The van der Waals surface area contributed by atoms with Gasteiger partial charge >= 0.3 is 0 Å². The predicted molar refractivity (Wildman–Crippen MR) is 65.9 cm³/mol. The molecule has 2 aromatic rings. The van der Waals surface area contributed by atoms with Gasteiger partial charge in [-0.25, -0.2) is 0 Å². The molecular weight excluding hydrogens is 284 g/mol. The van der Waals surface area contributed by atoms with E-state index in [-0.39, 0.29) is 17.0 Å². The number of aromatic nitrogens is 1. The summed E-state index contributed by atoms with van der Waals surface area (Å²) in [6.07, 6.45) is 2.10. The van der Waals surface area contributed by atoms with Crippen LogP contribution in [0.25, 0.3) is 10.9 Å². The molecule has 0 aliphatic heterocycles. The third-order valence-corrected chi connectivity index (χ3v) is 3.38. The second-order valence-corrected chi connectivity index (χ2v) is 4.77. The van der Waals surface area contributed by atoms with Crippen LogP contribution >= 0.6 is 11.8 Å². The summed E-state index contributed by atoms with van der Waals surface area (Å²) in [5, 5.41) is 1.14. The van der Waals surface area contributed by atoms with Gasteiger partial charge in [-0.2, -0.15) is 4.57 Å². The number of thioether (sulfide) groups is 1. The molecule has 0 amide bonds. The van der Waals surface area contributed by atoms with E-state index in [1.807, 2.05) is 12.1 Å². The van der Waals surface area contributed by atoms with Gasteiger partial charge in [0.25, 0.3) is 0 Å². The number of nitrogens with zero attached hydrogens (tertiary/aromatic N) is 1. The number of anilines is 1. The van der Waals surface area contributed by atoms with Crippen molar-refractivity contribution in [3.63, 3.8) is 0 Å². The Morgan fingerprint density at radius 3 is 2.69 bits per heavy atom. The SMILES string of the molecule is CCSc1c[n+](C)c2ccccc2c1N.[Br-]. The van der Waals surface area contributed by atoms with Crippen molar-refractivity contribution in [2.75, 3.05) is 11.5 Å². The molecule has 0 aliphatic rings. The zero-order chi connectivity index (χ0) is 10.8. The molecule has 0 bridgehead atoms. The molecule has 0 aliphatic carbocycles. The van der Waals surface area contributed by atoms with Gasteiger partial charge in [-0.3, -0.25) is 0 Å². The first kappa shape index (κ1) is 13.3. The zero-order valence-electron chi connectivity index (χ0n) is 9.40. The molecule has 86 valence electrons. The average molecular weight is 299 g/mol. The van der Waals surface area contributed by atoms with Crippen LogP contribution in [0.4, 0.5) is 5.69 Å². The number of aryl methyl sites for hydroxylation is 1. The number of hydrogen-bond acceptors (Lipinski definition) is 2. The maximum Gasteiger partial charge on any atom is 0.214 e. The summed E-state index contributed by atoms with van der Waals surface area (Å²) in [5.41, 5.74) is 8.21. The fraction of sp³-hybridized carbons (Fsp3) is 0.250. The van der Waals surface area contributed by atoms with E-state index in [0.717, 1.165) is 16.8 Å². The van der Waals surface area contributed by atoms with Crippen LogP contribution in [0.3, 0.4) is 0 Å². The van der Waals surface area contributed by atoms with Crippen LogP contribution in [0.2, 0.25) is 0 Å². The quantitative estimate of drug-likeness (QED) is 0.591. The van der Waals surface area contributed by atoms with E-state index in [4.69, 9.17) is 5.73 Å². The van der Waals surface area contributed by atoms with Crippen molar-refractivity contribution < 1.29 is 21.5 Å². The molecule has 0 saturated heterocycles. The van der Waals surface area contributed by atoms with E-state index in [1.54, 1.807) is 11.8 Å². The summed E-state index contributed by atoms with van der Waals surface area (Å²) in [6.45, 7) is 2.14. The topological polar surface area (TPSA) is 29.9 Å². The van der Waals surface area contributed by atoms with Crippen LogP contribution in [0.1, 0.15) is 6.92 Å². The van der Waals surface area contributed by atoms with E-state index in [2.05, 4.69) is 36.9 Å². The Morgan fingerprint density at radius 2 is 2.00 bits per heavy atom. The summed E-state index contributed by atoms with van der Waals surface area (Å²) in [7, 11) is 2.06. The smallest absolute Gasteiger partial charge is 0.214 e. The molecule has 2 nitrogen and oxygen atoms in total. The highest BCUT2D eigenvalue weighted by atomic mass is 79.9. The molecule has 0 unspecified atom stereocenters. The average Bonchev–Trinajstić information content (AvgIpc) is 2.26. The highest BCUT2D eigenvalue weighted by Gasteiger charge is 2.12. The highest BCUT2D eigenvalue weighted by Crippen LogP contribution is 2.28. The molecule has 2 N–H and O–H groups in total. The van der Waals surface area contributed by atoms with E-state index in [0.29, 0.717) is 0 Å². The van der Waals surface area contributed by atoms with E-state index < -0.39 is 0 Å². The number of benzene rings is 1. The van der Waals surface area contributed by atoms with Crippen LogP contribution < -0.4 is 27.3 Å². The largest absolute Gasteiger partial charge is 1.00 e. The number of pyridine rings is 1. The van der Waals surface area contributed by atoms with Gasteiger partial charge in [-0.1, -0.05) is 19.1 Å². The minimum absolute atomic E-state index is 0. The zero-order valence-corrected chi connectivity index (χ0v) is 11.8. The van der Waals surface area contributed by atoms with Gasteiger partial charge in [0.1, 0.15) is 7.05 Å². The second kappa shape index (κ2) is 5.55. The van der Waals surface area contributed by atoms with E-state index in [1.165, 1.54) is 10.4 Å². The lowest BCUT2D eigenvalue weighted by molar-refractivity contribution is -0.646. The lowest BCUT2D eigenvalue weighted by atomic mass is 10.2. The van der Waals surface area contributed by atoms with Crippen molar-refractivity contribution in [2.24, 2.45) is 7.05 Å². The third-order valence-electron chi connectivity index (χ3n) is 2.45. The molecule has 0 atom stereocenters. The molecule has 1 heterocycles. The number of fused-ring (bicyclic) bond motifs is 1. The number of hydrogen-bond donors (Lipinski definition) is 1. The Kier molecular flexibility index (Phi) is 4.62. The summed E-state index contributed by atoms with van der Waals surface area (Å²) in [5.74, 6) is 1.04. The lowest BCUT2D eigenvalue weighted by Gasteiger charge is -2.05. The van der Waals surface area contributed by atoms with Gasteiger partial charge in [0.2, 0.25) is 5.52 Å². The maximum atomic E-state index is 6.14. The number of para-hydroxylation sites is 1. The van der Waals surface area contributed by atoms with Crippen LogP contribution in [0.5, 0.6) is 0 Å². The predicted octanol–water partition coefficient (Wildman–Crippen LogP) is -0.637. The molecule has 0 spiro atoms. The monoisotopic (exact) mass is 298 g/mol. The first-order chi connectivity index (χ1) is 7.24. The molecule has 0 saturated carbocycles. The van der Waals surface area contributed by atoms with Gasteiger partial charge < -0.3 is 22.7 Å². The summed E-state index contributed by atoms with van der Waals surface area (Å²) in [4.78, 5) is 1.17. The van der Waals surface area contributed by atoms with Crippen molar-refractivity contribution >= 4 is 28.4 Å². The van der Waals surface area contributed by atoms with Gasteiger partial charge in [-0.05, 0) is 11.8 Å². The highest BCUT2D eigenvalue weighted by molar-refractivity contribution is 7.99. The lowest BCUT2D eigenvalue weighted by Crippen LogP contribution is -3.00. The number of nitrogens with two attached hydrogens (primary N) is 1. The molecule has 1 aromatic heterocycles. The van der Waals surface area contributed by atoms with Gasteiger partial charge in [0.15, 0.2) is 6.20 Å². The number of rotatable bonds is 2. The van der Waals surface area contributed by atoms with Crippen LogP contribution in [-0.4, -0.2) is 5.75 Å². The van der Waals surface area contributed by atoms with Gasteiger partial charge in [0.05, 0.1) is 16.0 Å². The molecular formula is C12H15BrN2S. The van der Waals surface area contributed by atoms with Crippen molar-refractivity contribution in [3.05, 3.63) is 30.5 Å².